The smallest absolute Gasteiger partial charge is 0.312 e. The number of benzene rings is 1. The number of nitrogens with two attached hydrogens (primary N) is 1. The van der Waals surface area contributed by atoms with Crippen LogP contribution in [-0.4, -0.2) is 55.6 Å². The van der Waals surface area contributed by atoms with E-state index >= 15 is 0 Å². The first-order chi connectivity index (χ1) is 13.8. The minimum absolute atomic E-state index is 0.192. The predicted molar refractivity (Wildman–Crippen MR) is 104 cm³/mol. The van der Waals surface area contributed by atoms with Crippen LogP contribution in [0.4, 0.5) is 4.79 Å². The Morgan fingerprint density at radius 1 is 1.21 bits per heavy atom. The molecule has 3 N–H and O–H groups in total. The molecule has 1 fully saturated rings. The van der Waals surface area contributed by atoms with Gasteiger partial charge in [0, 0.05) is 18.1 Å². The highest BCUT2D eigenvalue weighted by Crippen LogP contribution is 2.21. The van der Waals surface area contributed by atoms with Gasteiger partial charge < -0.3 is 25.4 Å². The Bertz CT molecular complexity index is 747. The maximum absolute atomic E-state index is 12.2. The summed E-state index contributed by atoms with van der Waals surface area (Å²) in [5, 5.41) is 2.98. The molecule has 0 aliphatic carbocycles. The summed E-state index contributed by atoms with van der Waals surface area (Å²) in [7, 11) is 1.34. The first-order valence-electron chi connectivity index (χ1n) is 9.12. The zero-order valence-electron chi connectivity index (χ0n) is 16.1. The summed E-state index contributed by atoms with van der Waals surface area (Å²) in [6.07, 6.45) is 0.823. The molecule has 158 valence electrons. The van der Waals surface area contributed by atoms with E-state index in [2.05, 4.69) is 5.32 Å². The van der Waals surface area contributed by atoms with Gasteiger partial charge in [-0.15, -0.1) is 0 Å². The number of hydrogen-bond acceptors (Lipinski definition) is 6. The van der Waals surface area contributed by atoms with Crippen LogP contribution in [0, 0.1) is 5.92 Å². The lowest BCUT2D eigenvalue weighted by Crippen LogP contribution is -2.42. The molecule has 29 heavy (non-hydrogen) atoms. The van der Waals surface area contributed by atoms with E-state index in [0.29, 0.717) is 36.5 Å². The van der Waals surface area contributed by atoms with Crippen molar-refractivity contribution < 1.29 is 28.7 Å². The fourth-order valence-corrected chi connectivity index (χ4v) is 3.24. The number of esters is 2. The van der Waals surface area contributed by atoms with Crippen molar-refractivity contribution in [2.45, 2.75) is 25.3 Å². The van der Waals surface area contributed by atoms with E-state index in [4.69, 9.17) is 26.8 Å². The molecule has 9 nitrogen and oxygen atoms in total. The summed E-state index contributed by atoms with van der Waals surface area (Å²) in [6.45, 7) is 0.380. The van der Waals surface area contributed by atoms with Crippen LogP contribution in [0.2, 0.25) is 5.02 Å². The van der Waals surface area contributed by atoms with Crippen molar-refractivity contribution in [2.75, 3.05) is 26.8 Å². The summed E-state index contributed by atoms with van der Waals surface area (Å²) >= 11 is 5.85. The summed E-state index contributed by atoms with van der Waals surface area (Å²) < 4.78 is 9.78. The average molecular weight is 426 g/mol. The van der Waals surface area contributed by atoms with Gasteiger partial charge in [-0.2, -0.15) is 0 Å². The molecule has 0 unspecified atom stereocenters. The van der Waals surface area contributed by atoms with E-state index in [1.807, 2.05) is 0 Å². The molecular formula is C19H24ClN3O6. The van der Waals surface area contributed by atoms with Crippen LogP contribution in [0.15, 0.2) is 24.3 Å². The number of carbonyl (C=O) groups excluding carboxylic acids is 4. The van der Waals surface area contributed by atoms with Crippen LogP contribution >= 0.6 is 11.6 Å². The summed E-state index contributed by atoms with van der Waals surface area (Å²) in [5.41, 5.74) is 5.80. The third-order valence-electron chi connectivity index (χ3n) is 4.70. The number of primary amides is 1. The van der Waals surface area contributed by atoms with Gasteiger partial charge in [0.15, 0.2) is 6.61 Å². The molecule has 0 bridgehead atoms. The summed E-state index contributed by atoms with van der Waals surface area (Å²) in [4.78, 5) is 48.7. The normalized spacial score (nSPS) is 15.3. The van der Waals surface area contributed by atoms with E-state index in [9.17, 15) is 19.2 Å². The molecular weight excluding hydrogens is 402 g/mol. The zero-order chi connectivity index (χ0) is 21.4. The Balaban J connectivity index is 1.84. The van der Waals surface area contributed by atoms with E-state index in [1.54, 1.807) is 29.2 Å². The van der Waals surface area contributed by atoms with Gasteiger partial charge in [0.25, 0.3) is 5.91 Å². The number of urea groups is 1. The van der Waals surface area contributed by atoms with E-state index in [1.165, 1.54) is 7.11 Å². The Morgan fingerprint density at radius 3 is 2.38 bits per heavy atom. The van der Waals surface area contributed by atoms with Gasteiger partial charge in [0.2, 0.25) is 0 Å². The van der Waals surface area contributed by atoms with Gasteiger partial charge in [-0.05, 0) is 30.5 Å². The molecule has 3 amide bonds. The molecule has 2 rings (SSSR count). The highest BCUT2D eigenvalue weighted by Gasteiger charge is 2.28. The summed E-state index contributed by atoms with van der Waals surface area (Å²) in [6, 6.07) is 5.07. The fraction of sp³-hybridized carbons (Fsp3) is 0.474. The van der Waals surface area contributed by atoms with Crippen molar-refractivity contribution in [1.29, 1.82) is 0 Å². The van der Waals surface area contributed by atoms with Crippen LogP contribution in [0.1, 0.15) is 30.9 Å². The molecule has 1 heterocycles. The third-order valence-corrected chi connectivity index (χ3v) is 4.95. The van der Waals surface area contributed by atoms with Crippen molar-refractivity contribution in [3.05, 3.63) is 34.9 Å². The summed E-state index contributed by atoms with van der Waals surface area (Å²) in [5.74, 6) is -1.49. The topological polar surface area (TPSA) is 128 Å². The predicted octanol–water partition coefficient (Wildman–Crippen LogP) is 1.39. The van der Waals surface area contributed by atoms with Gasteiger partial charge in [-0.25, -0.2) is 4.79 Å². The SMILES string of the molecule is COC(=O)C1CCN(C(=O)COC(=O)C[C@H](NC(N)=O)c2ccc(Cl)cc2)CC1. The highest BCUT2D eigenvalue weighted by molar-refractivity contribution is 6.30. The monoisotopic (exact) mass is 425 g/mol. The van der Waals surface area contributed by atoms with Crippen molar-refractivity contribution >= 4 is 35.5 Å². The number of carbonyl (C=O) groups is 4. The van der Waals surface area contributed by atoms with Gasteiger partial charge >= 0.3 is 18.0 Å². The highest BCUT2D eigenvalue weighted by atomic mass is 35.5. The molecule has 1 aliphatic heterocycles. The van der Waals surface area contributed by atoms with Crippen molar-refractivity contribution in [3.8, 4) is 0 Å². The standard InChI is InChI=1S/C19H24ClN3O6/c1-28-18(26)13-6-8-23(9-7-13)16(24)11-29-17(25)10-15(22-19(21)27)12-2-4-14(20)5-3-12/h2-5,13,15H,6-11H2,1H3,(H3,21,22,27)/t15-/m0/s1. The molecule has 0 saturated carbocycles. The number of rotatable bonds is 7. The average Bonchev–Trinajstić information content (AvgIpc) is 2.71. The number of piperidine rings is 1. The molecule has 0 aromatic heterocycles. The number of nitrogens with one attached hydrogen (secondary N) is 1. The van der Waals surface area contributed by atoms with Gasteiger partial charge in [-0.1, -0.05) is 23.7 Å². The second-order valence-electron chi connectivity index (χ2n) is 6.66. The van der Waals surface area contributed by atoms with Crippen molar-refractivity contribution in [1.82, 2.24) is 10.2 Å². The quantitative estimate of drug-likeness (QED) is 0.635. The molecule has 1 saturated heterocycles. The van der Waals surface area contributed by atoms with Crippen LogP contribution in [-0.2, 0) is 23.9 Å². The number of halogens is 1. The van der Waals surface area contributed by atoms with Crippen LogP contribution in [0.25, 0.3) is 0 Å². The Morgan fingerprint density at radius 2 is 1.83 bits per heavy atom. The molecule has 0 spiro atoms. The molecule has 1 atom stereocenters. The lowest BCUT2D eigenvalue weighted by atomic mass is 9.97. The maximum Gasteiger partial charge on any atom is 0.312 e. The van der Waals surface area contributed by atoms with Gasteiger partial charge in [-0.3, -0.25) is 14.4 Å². The second-order valence-corrected chi connectivity index (χ2v) is 7.09. The van der Waals surface area contributed by atoms with Crippen molar-refractivity contribution in [2.24, 2.45) is 11.7 Å². The molecule has 1 aromatic rings. The number of amides is 3. The first-order valence-corrected chi connectivity index (χ1v) is 9.50. The number of methoxy groups -OCH3 is 1. The van der Waals surface area contributed by atoms with Crippen LogP contribution in [0.3, 0.4) is 0 Å². The minimum atomic E-state index is -0.790. The molecule has 1 aliphatic rings. The minimum Gasteiger partial charge on any atom is -0.469 e. The lowest BCUT2D eigenvalue weighted by Gasteiger charge is -2.30. The van der Waals surface area contributed by atoms with Gasteiger partial charge in [0.05, 0.1) is 25.5 Å². The maximum atomic E-state index is 12.2. The number of hydrogen-bond donors (Lipinski definition) is 2. The molecule has 0 radical (unpaired) electrons. The van der Waals surface area contributed by atoms with Crippen LogP contribution < -0.4 is 11.1 Å². The largest absolute Gasteiger partial charge is 0.469 e. The van der Waals surface area contributed by atoms with E-state index < -0.39 is 24.6 Å². The Kier molecular flexibility index (Phi) is 8.26. The van der Waals surface area contributed by atoms with Crippen LogP contribution in [0.5, 0.6) is 0 Å². The zero-order valence-corrected chi connectivity index (χ0v) is 16.8. The first kappa shape index (κ1) is 22.5. The van der Waals surface area contributed by atoms with E-state index in [0.717, 1.165) is 0 Å². The Hall–Kier alpha value is -2.81. The fourth-order valence-electron chi connectivity index (χ4n) is 3.11. The number of ether oxygens (including phenoxy) is 2. The third kappa shape index (κ3) is 6.94. The Labute approximate surface area is 173 Å². The van der Waals surface area contributed by atoms with Crippen molar-refractivity contribution in [3.63, 3.8) is 0 Å². The number of likely N-dealkylation sites (tertiary alicyclic amines) is 1. The number of nitrogens with zero attached hydrogens (tertiary/aromatic N) is 1. The second kappa shape index (κ2) is 10.7. The molecule has 10 heteroatoms. The molecule has 1 aromatic carbocycles. The lowest BCUT2D eigenvalue weighted by molar-refractivity contribution is -0.154. The van der Waals surface area contributed by atoms with E-state index in [-0.39, 0.29) is 24.2 Å². The van der Waals surface area contributed by atoms with Gasteiger partial charge in [0.1, 0.15) is 0 Å².